The van der Waals surface area contributed by atoms with E-state index < -0.39 is 17.4 Å². The molecule has 2 fully saturated rings. The summed E-state index contributed by atoms with van der Waals surface area (Å²) in [7, 11) is 0. The average Bonchev–Trinajstić information content (AvgIpc) is 3.49. The van der Waals surface area contributed by atoms with Crippen LogP contribution in [0.4, 0.5) is 5.69 Å². The Balaban J connectivity index is 1.57. The molecule has 2 saturated heterocycles. The second kappa shape index (κ2) is 10.5. The lowest BCUT2D eigenvalue weighted by molar-refractivity contribution is -0.143. The molecule has 0 unspecified atom stereocenters. The molecule has 4 atom stereocenters. The summed E-state index contributed by atoms with van der Waals surface area (Å²) in [6.07, 6.45) is 2.65. The van der Waals surface area contributed by atoms with E-state index in [2.05, 4.69) is 5.32 Å². The van der Waals surface area contributed by atoms with E-state index in [0.29, 0.717) is 30.8 Å². The maximum Gasteiger partial charge on any atom is 0.253 e. The van der Waals surface area contributed by atoms with Crippen LogP contribution < -0.4 is 10.2 Å². The first-order chi connectivity index (χ1) is 18.4. The third-order valence-electron chi connectivity index (χ3n) is 8.18. The Hall–Kier alpha value is -3.17. The van der Waals surface area contributed by atoms with E-state index in [1.165, 1.54) is 9.80 Å². The highest BCUT2D eigenvalue weighted by Gasteiger charge is 2.71. The van der Waals surface area contributed by atoms with E-state index >= 15 is 0 Å². The fraction of sp³-hybridized carbons (Fsp3) is 0.448. The van der Waals surface area contributed by atoms with Crippen molar-refractivity contribution in [3.63, 3.8) is 0 Å². The van der Waals surface area contributed by atoms with Crippen molar-refractivity contribution in [1.82, 2.24) is 15.1 Å². The van der Waals surface area contributed by atoms with Crippen LogP contribution in [0.15, 0.2) is 54.6 Å². The average molecular weight is 535 g/mol. The van der Waals surface area contributed by atoms with Crippen molar-refractivity contribution in [3.05, 3.63) is 65.7 Å². The Morgan fingerprint density at radius 2 is 1.66 bits per heavy atom. The van der Waals surface area contributed by atoms with Crippen LogP contribution in [-0.2, 0) is 31.3 Å². The third kappa shape index (κ3) is 4.03. The number of likely N-dealkylation sites (tertiary alicyclic amines) is 1. The smallest absolute Gasteiger partial charge is 0.253 e. The summed E-state index contributed by atoms with van der Waals surface area (Å²) >= 11 is 1.67. The van der Waals surface area contributed by atoms with Gasteiger partial charge in [-0.2, -0.15) is 11.8 Å². The maximum absolute atomic E-state index is 14.4. The van der Waals surface area contributed by atoms with Crippen LogP contribution in [-0.4, -0.2) is 71.1 Å². The SMILES string of the molecule is CCN(CC)C(=O)CN1C(=O)[C@]2(N[C@H](CCSC)[C@H]3C(=O)N(Cc4ccccc4)C(=O)[C@@H]32)c2ccccc21. The molecular weight excluding hydrogens is 500 g/mol. The van der Waals surface area contributed by atoms with E-state index in [4.69, 9.17) is 0 Å². The maximum atomic E-state index is 14.4. The van der Waals surface area contributed by atoms with E-state index in [9.17, 15) is 19.2 Å². The van der Waals surface area contributed by atoms with Gasteiger partial charge in [0.25, 0.3) is 5.91 Å². The van der Waals surface area contributed by atoms with Crippen molar-refractivity contribution < 1.29 is 19.2 Å². The third-order valence-corrected chi connectivity index (χ3v) is 8.83. The summed E-state index contributed by atoms with van der Waals surface area (Å²) < 4.78 is 0. The molecule has 1 spiro atoms. The number of fused-ring (bicyclic) bond motifs is 4. The number of hydrogen-bond acceptors (Lipinski definition) is 6. The molecule has 200 valence electrons. The molecular formula is C29H34N4O4S. The monoisotopic (exact) mass is 534 g/mol. The molecule has 2 aromatic carbocycles. The van der Waals surface area contributed by atoms with E-state index in [1.54, 1.807) is 16.7 Å². The zero-order chi connectivity index (χ0) is 27.0. The van der Waals surface area contributed by atoms with Crippen LogP contribution in [0.5, 0.6) is 0 Å². The number of amides is 4. The largest absolute Gasteiger partial charge is 0.342 e. The fourth-order valence-electron chi connectivity index (χ4n) is 6.39. The number of carbonyl (C=O) groups excluding carboxylic acids is 4. The number of likely N-dealkylation sites (N-methyl/N-ethyl adjacent to an activating group) is 1. The Morgan fingerprint density at radius 3 is 2.34 bits per heavy atom. The van der Waals surface area contributed by atoms with Gasteiger partial charge < -0.3 is 9.80 Å². The molecule has 3 aliphatic heterocycles. The summed E-state index contributed by atoms with van der Waals surface area (Å²) in [4.78, 5) is 60.0. The molecule has 1 N–H and O–H groups in total. The predicted octanol–water partition coefficient (Wildman–Crippen LogP) is 2.62. The standard InChI is InChI=1S/C29H34N4O4S/c1-4-31(5-2)23(34)18-32-22-14-10-9-13-20(22)29(28(32)37)25-24(21(30-29)15-16-38-3)26(35)33(27(25)36)17-19-11-7-6-8-12-19/h6-14,21,24-25,30H,4-5,15-18H2,1-3H3/t21-,24-,25-,29+/m1/s1. The first-order valence-corrected chi connectivity index (χ1v) is 14.6. The summed E-state index contributed by atoms with van der Waals surface area (Å²) in [6, 6.07) is 16.5. The molecule has 5 rings (SSSR count). The van der Waals surface area contributed by atoms with Gasteiger partial charge in [0.15, 0.2) is 0 Å². The molecule has 4 amide bonds. The number of imide groups is 1. The summed E-state index contributed by atoms with van der Waals surface area (Å²) in [6.45, 7) is 4.98. The minimum absolute atomic E-state index is 0.107. The number of para-hydroxylation sites is 1. The van der Waals surface area contributed by atoms with Gasteiger partial charge >= 0.3 is 0 Å². The second-order valence-corrected chi connectivity index (χ2v) is 11.1. The van der Waals surface area contributed by atoms with E-state index in [1.807, 2.05) is 74.7 Å². The van der Waals surface area contributed by atoms with Crippen molar-refractivity contribution in [2.75, 3.05) is 36.5 Å². The van der Waals surface area contributed by atoms with Gasteiger partial charge in [-0.1, -0.05) is 48.5 Å². The highest BCUT2D eigenvalue weighted by atomic mass is 32.2. The molecule has 8 nitrogen and oxygen atoms in total. The van der Waals surface area contributed by atoms with Gasteiger partial charge in [-0.3, -0.25) is 29.4 Å². The zero-order valence-corrected chi connectivity index (χ0v) is 22.9. The Morgan fingerprint density at radius 1 is 0.974 bits per heavy atom. The normalized spacial score (nSPS) is 25.9. The fourth-order valence-corrected chi connectivity index (χ4v) is 6.88. The molecule has 9 heteroatoms. The lowest BCUT2D eigenvalue weighted by Gasteiger charge is -2.31. The molecule has 0 bridgehead atoms. The lowest BCUT2D eigenvalue weighted by Crippen LogP contribution is -2.56. The van der Waals surface area contributed by atoms with Gasteiger partial charge in [-0.25, -0.2) is 0 Å². The summed E-state index contributed by atoms with van der Waals surface area (Å²) in [5, 5.41) is 3.52. The molecule has 0 saturated carbocycles. The first-order valence-electron chi connectivity index (χ1n) is 13.2. The van der Waals surface area contributed by atoms with Crippen LogP contribution >= 0.6 is 11.8 Å². The number of nitrogens with one attached hydrogen (secondary N) is 1. The summed E-state index contributed by atoms with van der Waals surface area (Å²) in [5.41, 5.74) is 0.770. The van der Waals surface area contributed by atoms with Gasteiger partial charge in [0.1, 0.15) is 12.1 Å². The lowest BCUT2D eigenvalue weighted by atomic mass is 9.76. The van der Waals surface area contributed by atoms with Gasteiger partial charge in [-0.15, -0.1) is 0 Å². The minimum Gasteiger partial charge on any atom is -0.342 e. The predicted molar refractivity (Wildman–Crippen MR) is 147 cm³/mol. The number of nitrogens with zero attached hydrogens (tertiary/aromatic N) is 3. The highest BCUT2D eigenvalue weighted by Crippen LogP contribution is 2.55. The van der Waals surface area contributed by atoms with Crippen LogP contribution in [0.25, 0.3) is 0 Å². The number of hydrogen-bond donors (Lipinski definition) is 1. The van der Waals surface area contributed by atoms with Gasteiger partial charge in [0, 0.05) is 30.4 Å². The highest BCUT2D eigenvalue weighted by molar-refractivity contribution is 7.98. The molecule has 0 aromatic heterocycles. The van der Waals surface area contributed by atoms with Crippen molar-refractivity contribution >= 4 is 41.1 Å². The number of benzene rings is 2. The quantitative estimate of drug-likeness (QED) is 0.498. The second-order valence-electron chi connectivity index (χ2n) is 10.1. The molecule has 3 heterocycles. The van der Waals surface area contributed by atoms with Crippen molar-refractivity contribution in [1.29, 1.82) is 0 Å². The minimum atomic E-state index is -1.38. The van der Waals surface area contributed by atoms with E-state index in [-0.39, 0.29) is 42.8 Å². The van der Waals surface area contributed by atoms with Gasteiger partial charge in [-0.05, 0) is 43.9 Å². The van der Waals surface area contributed by atoms with Crippen molar-refractivity contribution in [2.45, 2.75) is 38.4 Å². The summed E-state index contributed by atoms with van der Waals surface area (Å²) in [5.74, 6) is -1.77. The van der Waals surface area contributed by atoms with Crippen LogP contribution in [0.1, 0.15) is 31.4 Å². The number of thioether (sulfide) groups is 1. The first kappa shape index (κ1) is 26.4. The Bertz CT molecular complexity index is 1250. The van der Waals surface area contributed by atoms with Crippen LogP contribution in [0.3, 0.4) is 0 Å². The Labute approximate surface area is 227 Å². The van der Waals surface area contributed by atoms with E-state index in [0.717, 1.165) is 11.3 Å². The molecule has 38 heavy (non-hydrogen) atoms. The van der Waals surface area contributed by atoms with Gasteiger partial charge in [0.2, 0.25) is 17.7 Å². The number of rotatable bonds is 9. The van der Waals surface area contributed by atoms with Crippen LogP contribution in [0.2, 0.25) is 0 Å². The molecule has 2 aromatic rings. The number of carbonyl (C=O) groups is 4. The molecule has 0 aliphatic carbocycles. The molecule has 0 radical (unpaired) electrons. The van der Waals surface area contributed by atoms with Crippen molar-refractivity contribution in [2.24, 2.45) is 11.8 Å². The Kier molecular flexibility index (Phi) is 7.33. The molecule has 3 aliphatic rings. The zero-order valence-electron chi connectivity index (χ0n) is 22.1. The topological polar surface area (TPSA) is 90.0 Å². The van der Waals surface area contributed by atoms with Crippen molar-refractivity contribution in [3.8, 4) is 0 Å². The van der Waals surface area contributed by atoms with Gasteiger partial charge in [0.05, 0.1) is 18.4 Å². The number of anilines is 1. The van der Waals surface area contributed by atoms with Crippen LogP contribution in [0, 0.1) is 11.8 Å².